The first-order chi connectivity index (χ1) is 8.20. The van der Waals surface area contributed by atoms with Crippen molar-refractivity contribution in [2.24, 2.45) is 0 Å². The van der Waals surface area contributed by atoms with E-state index in [1.165, 1.54) is 14.1 Å². The maximum atomic E-state index is 11.4. The summed E-state index contributed by atoms with van der Waals surface area (Å²) in [5.74, 6) is -2.01. The van der Waals surface area contributed by atoms with Crippen molar-refractivity contribution in [3.05, 3.63) is 0 Å². The molecule has 0 aromatic carbocycles. The molecule has 0 saturated heterocycles. The maximum Gasteiger partial charge on any atom is 0.326 e. The van der Waals surface area contributed by atoms with Crippen molar-refractivity contribution < 1.29 is 23.1 Å². The molecule has 0 aliphatic heterocycles. The lowest BCUT2D eigenvalue weighted by atomic mass is 10.1. The molecule has 0 saturated carbocycles. The Morgan fingerprint density at radius 1 is 1.33 bits per heavy atom. The number of rotatable bonds is 8. The van der Waals surface area contributed by atoms with Crippen molar-refractivity contribution in [1.82, 2.24) is 9.62 Å². The number of nitrogens with zero attached hydrogens (tertiary/aromatic N) is 1. The molecule has 7 nitrogen and oxygen atoms in total. The van der Waals surface area contributed by atoms with Gasteiger partial charge in [0.1, 0.15) is 6.04 Å². The fourth-order valence-corrected chi connectivity index (χ4v) is 2.03. The quantitative estimate of drug-likeness (QED) is 0.631. The lowest BCUT2D eigenvalue weighted by molar-refractivity contribution is -0.142. The van der Waals surface area contributed by atoms with Crippen LogP contribution in [-0.2, 0) is 19.6 Å². The molecule has 0 fully saturated rings. The molecule has 0 rings (SSSR count). The van der Waals surface area contributed by atoms with Crippen molar-refractivity contribution in [1.29, 1.82) is 0 Å². The Labute approximate surface area is 107 Å². The van der Waals surface area contributed by atoms with Crippen molar-refractivity contribution in [2.45, 2.75) is 32.2 Å². The van der Waals surface area contributed by atoms with Crippen LogP contribution in [-0.4, -0.2) is 55.6 Å². The second kappa shape index (κ2) is 7.32. The van der Waals surface area contributed by atoms with Gasteiger partial charge in [-0.05, 0) is 6.42 Å². The molecule has 1 amide bonds. The van der Waals surface area contributed by atoms with Gasteiger partial charge in [0.05, 0.1) is 5.75 Å². The number of hydrogen-bond donors (Lipinski definition) is 2. The zero-order chi connectivity index (χ0) is 14.3. The second-order valence-corrected chi connectivity index (χ2v) is 6.40. The normalized spacial score (nSPS) is 13.3. The van der Waals surface area contributed by atoms with E-state index in [0.717, 1.165) is 4.31 Å². The minimum atomic E-state index is -3.44. The molecule has 0 aromatic rings. The molecule has 0 spiro atoms. The standard InChI is InChI=1S/C10H20N2O5S/c1-4-5-8(10(14)15)11-9(13)6-7-18(16,17)12(2)3/h8H,4-7H2,1-3H3,(H,11,13)(H,14,15). The average molecular weight is 280 g/mol. The van der Waals surface area contributed by atoms with Gasteiger partial charge in [-0.1, -0.05) is 13.3 Å². The summed E-state index contributed by atoms with van der Waals surface area (Å²) in [4.78, 5) is 22.2. The third kappa shape index (κ3) is 5.97. The van der Waals surface area contributed by atoms with Crippen LogP contribution in [0.3, 0.4) is 0 Å². The van der Waals surface area contributed by atoms with Gasteiger partial charge in [-0.15, -0.1) is 0 Å². The molecular formula is C10H20N2O5S. The lowest BCUT2D eigenvalue weighted by Crippen LogP contribution is -2.41. The van der Waals surface area contributed by atoms with Crippen LogP contribution in [0, 0.1) is 0 Å². The van der Waals surface area contributed by atoms with E-state index in [0.29, 0.717) is 12.8 Å². The molecule has 18 heavy (non-hydrogen) atoms. The van der Waals surface area contributed by atoms with Crippen LogP contribution in [0.1, 0.15) is 26.2 Å². The monoisotopic (exact) mass is 280 g/mol. The number of hydrogen-bond acceptors (Lipinski definition) is 4. The summed E-state index contributed by atoms with van der Waals surface area (Å²) >= 11 is 0. The summed E-state index contributed by atoms with van der Waals surface area (Å²) < 4.78 is 23.8. The van der Waals surface area contributed by atoms with Gasteiger partial charge < -0.3 is 10.4 Å². The summed E-state index contributed by atoms with van der Waals surface area (Å²) in [6.07, 6.45) is 0.697. The summed E-state index contributed by atoms with van der Waals surface area (Å²) in [7, 11) is -0.678. The van der Waals surface area contributed by atoms with Gasteiger partial charge in [-0.3, -0.25) is 4.79 Å². The highest BCUT2D eigenvalue weighted by Gasteiger charge is 2.21. The first kappa shape index (κ1) is 16.9. The summed E-state index contributed by atoms with van der Waals surface area (Å²) in [5.41, 5.74) is 0. The van der Waals surface area contributed by atoms with Crippen LogP contribution >= 0.6 is 0 Å². The van der Waals surface area contributed by atoms with Crippen molar-refractivity contribution in [3.63, 3.8) is 0 Å². The Morgan fingerprint density at radius 3 is 2.28 bits per heavy atom. The fraction of sp³-hybridized carbons (Fsp3) is 0.800. The average Bonchev–Trinajstić information content (AvgIpc) is 2.25. The van der Waals surface area contributed by atoms with Crippen molar-refractivity contribution >= 4 is 21.9 Å². The van der Waals surface area contributed by atoms with E-state index in [1.807, 2.05) is 0 Å². The Bertz CT molecular complexity index is 391. The zero-order valence-electron chi connectivity index (χ0n) is 10.8. The van der Waals surface area contributed by atoms with Crippen LogP contribution < -0.4 is 5.32 Å². The predicted octanol–water partition coefficient (Wildman–Crippen LogP) is -0.363. The molecule has 0 bridgehead atoms. The molecule has 1 atom stereocenters. The Balaban J connectivity index is 4.31. The predicted molar refractivity (Wildman–Crippen MR) is 66.6 cm³/mol. The number of carbonyl (C=O) groups is 2. The van der Waals surface area contributed by atoms with Gasteiger partial charge in [-0.25, -0.2) is 17.5 Å². The molecule has 0 radical (unpaired) electrons. The molecule has 2 N–H and O–H groups in total. The van der Waals surface area contributed by atoms with Crippen LogP contribution in [0.5, 0.6) is 0 Å². The number of carboxylic acids is 1. The van der Waals surface area contributed by atoms with Crippen LogP contribution in [0.4, 0.5) is 0 Å². The number of amides is 1. The fourth-order valence-electron chi connectivity index (χ4n) is 1.22. The molecule has 0 aliphatic rings. The zero-order valence-corrected chi connectivity index (χ0v) is 11.7. The minimum Gasteiger partial charge on any atom is -0.480 e. The third-order valence-electron chi connectivity index (χ3n) is 2.35. The summed E-state index contributed by atoms with van der Waals surface area (Å²) in [5, 5.41) is 11.1. The Morgan fingerprint density at radius 2 is 1.89 bits per heavy atom. The largest absolute Gasteiger partial charge is 0.480 e. The molecule has 8 heteroatoms. The highest BCUT2D eigenvalue weighted by Crippen LogP contribution is 2.00. The number of aliphatic carboxylic acids is 1. The van der Waals surface area contributed by atoms with Gasteiger partial charge in [0.15, 0.2) is 0 Å². The van der Waals surface area contributed by atoms with Gasteiger partial charge >= 0.3 is 5.97 Å². The summed E-state index contributed by atoms with van der Waals surface area (Å²) in [6, 6.07) is -0.954. The Kier molecular flexibility index (Phi) is 6.85. The Hall–Kier alpha value is -1.15. The van der Waals surface area contributed by atoms with Gasteiger partial charge in [-0.2, -0.15) is 0 Å². The van der Waals surface area contributed by atoms with Crippen LogP contribution in [0.15, 0.2) is 0 Å². The molecule has 106 valence electrons. The van der Waals surface area contributed by atoms with Crippen molar-refractivity contribution in [3.8, 4) is 0 Å². The highest BCUT2D eigenvalue weighted by atomic mass is 32.2. The summed E-state index contributed by atoms with van der Waals surface area (Å²) in [6.45, 7) is 1.80. The minimum absolute atomic E-state index is 0.242. The van der Waals surface area contributed by atoms with Crippen LogP contribution in [0.2, 0.25) is 0 Å². The molecule has 0 heterocycles. The van der Waals surface area contributed by atoms with Gasteiger partial charge in [0.25, 0.3) is 0 Å². The van der Waals surface area contributed by atoms with E-state index >= 15 is 0 Å². The van der Waals surface area contributed by atoms with E-state index in [2.05, 4.69) is 5.32 Å². The highest BCUT2D eigenvalue weighted by molar-refractivity contribution is 7.89. The third-order valence-corrected chi connectivity index (χ3v) is 4.19. The molecule has 0 aliphatic carbocycles. The van der Waals surface area contributed by atoms with E-state index in [4.69, 9.17) is 5.11 Å². The number of carbonyl (C=O) groups excluding carboxylic acids is 1. The molecule has 0 aromatic heterocycles. The lowest BCUT2D eigenvalue weighted by Gasteiger charge is -2.14. The first-order valence-corrected chi connectivity index (χ1v) is 7.24. The smallest absolute Gasteiger partial charge is 0.326 e. The van der Waals surface area contributed by atoms with E-state index in [-0.39, 0.29) is 12.2 Å². The van der Waals surface area contributed by atoms with Gasteiger partial charge in [0, 0.05) is 20.5 Å². The van der Waals surface area contributed by atoms with E-state index < -0.39 is 27.9 Å². The maximum absolute atomic E-state index is 11.4. The number of sulfonamides is 1. The molecular weight excluding hydrogens is 260 g/mol. The van der Waals surface area contributed by atoms with Crippen molar-refractivity contribution in [2.75, 3.05) is 19.8 Å². The molecule has 1 unspecified atom stereocenters. The van der Waals surface area contributed by atoms with Crippen LogP contribution in [0.25, 0.3) is 0 Å². The van der Waals surface area contributed by atoms with E-state index in [9.17, 15) is 18.0 Å². The van der Waals surface area contributed by atoms with Gasteiger partial charge in [0.2, 0.25) is 15.9 Å². The topological polar surface area (TPSA) is 104 Å². The second-order valence-electron chi connectivity index (χ2n) is 4.10. The van der Waals surface area contributed by atoms with E-state index in [1.54, 1.807) is 6.92 Å². The first-order valence-electron chi connectivity index (χ1n) is 5.63. The SMILES string of the molecule is CCCC(NC(=O)CCS(=O)(=O)N(C)C)C(=O)O. The number of nitrogens with one attached hydrogen (secondary N) is 1. The number of carboxylic acid groups (broad SMARTS) is 1.